The van der Waals surface area contributed by atoms with E-state index in [4.69, 9.17) is 14.9 Å². The molecule has 8 heteroatoms. The fraction of sp³-hybridized carbons (Fsp3) is 0.429. The molecule has 1 unspecified atom stereocenters. The molecule has 154 valence electrons. The van der Waals surface area contributed by atoms with E-state index in [1.54, 1.807) is 18.5 Å². The summed E-state index contributed by atoms with van der Waals surface area (Å²) in [5.41, 5.74) is 8.20. The van der Waals surface area contributed by atoms with Crippen LogP contribution < -0.4 is 11.1 Å². The molecule has 2 aliphatic heterocycles. The third-order valence-corrected chi connectivity index (χ3v) is 5.22. The van der Waals surface area contributed by atoms with Gasteiger partial charge in [-0.1, -0.05) is 6.07 Å². The number of aryl methyl sites for hydroxylation is 1. The van der Waals surface area contributed by atoms with Crippen molar-refractivity contribution in [2.75, 3.05) is 39.3 Å². The second kappa shape index (κ2) is 9.11. The Bertz CT molecular complexity index is 858. The van der Waals surface area contributed by atoms with Gasteiger partial charge >= 0.3 is 0 Å². The fourth-order valence-corrected chi connectivity index (χ4v) is 3.58. The first-order valence-corrected chi connectivity index (χ1v) is 10.0. The van der Waals surface area contributed by atoms with Crippen LogP contribution in [0.25, 0.3) is 0 Å². The summed E-state index contributed by atoms with van der Waals surface area (Å²) in [5.74, 6) is 1.84. The molecule has 1 fully saturated rings. The van der Waals surface area contributed by atoms with Crippen LogP contribution in [0, 0.1) is 6.92 Å². The Morgan fingerprint density at radius 1 is 1.28 bits per heavy atom. The van der Waals surface area contributed by atoms with Gasteiger partial charge in [0.2, 0.25) is 0 Å². The van der Waals surface area contributed by atoms with Crippen LogP contribution >= 0.6 is 0 Å². The Labute approximate surface area is 171 Å². The van der Waals surface area contributed by atoms with Crippen molar-refractivity contribution in [3.8, 4) is 0 Å². The van der Waals surface area contributed by atoms with Gasteiger partial charge in [0.05, 0.1) is 18.5 Å². The van der Waals surface area contributed by atoms with E-state index in [-0.39, 0.29) is 6.17 Å². The molecule has 2 aliphatic rings. The second-order valence-electron chi connectivity index (χ2n) is 7.26. The van der Waals surface area contributed by atoms with Crippen LogP contribution in [0.2, 0.25) is 0 Å². The average Bonchev–Trinajstić information content (AvgIpc) is 3.26. The van der Waals surface area contributed by atoms with Gasteiger partial charge in [-0.25, -0.2) is 4.99 Å². The minimum atomic E-state index is -0.384. The maximum atomic E-state index is 6.20. The van der Waals surface area contributed by atoms with Crippen LogP contribution in [-0.2, 0) is 11.3 Å². The van der Waals surface area contributed by atoms with Crippen LogP contribution in [0.4, 0.5) is 0 Å². The molecule has 0 spiro atoms. The van der Waals surface area contributed by atoms with E-state index >= 15 is 0 Å². The number of hydrogen-bond donors (Lipinski definition) is 2. The van der Waals surface area contributed by atoms with Crippen molar-refractivity contribution in [3.05, 3.63) is 65.7 Å². The van der Waals surface area contributed by atoms with Gasteiger partial charge < -0.3 is 25.1 Å². The van der Waals surface area contributed by atoms with E-state index in [1.807, 2.05) is 18.2 Å². The number of nitrogens with two attached hydrogens (primary N) is 1. The van der Waals surface area contributed by atoms with Crippen LogP contribution in [0.1, 0.15) is 23.2 Å². The summed E-state index contributed by atoms with van der Waals surface area (Å²) in [7, 11) is 0. The number of aliphatic imine (C=N–C) groups is 1. The maximum absolute atomic E-state index is 6.20. The van der Waals surface area contributed by atoms with Crippen molar-refractivity contribution in [2.24, 2.45) is 10.7 Å². The van der Waals surface area contributed by atoms with Crippen molar-refractivity contribution in [1.82, 2.24) is 20.1 Å². The Hall–Kier alpha value is -2.84. The smallest absolute Gasteiger partial charge is 0.195 e. The molecule has 0 radical (unpaired) electrons. The Morgan fingerprint density at radius 3 is 2.90 bits per heavy atom. The summed E-state index contributed by atoms with van der Waals surface area (Å²) < 4.78 is 11.8. The number of nitrogens with zero attached hydrogens (tertiary/aromatic N) is 4. The van der Waals surface area contributed by atoms with E-state index < -0.39 is 0 Å². The predicted molar refractivity (Wildman–Crippen MR) is 111 cm³/mol. The molecule has 1 atom stereocenters. The van der Waals surface area contributed by atoms with Gasteiger partial charge in [-0.05, 0) is 30.7 Å². The van der Waals surface area contributed by atoms with Crippen LogP contribution in [-0.4, -0.2) is 60.0 Å². The summed E-state index contributed by atoms with van der Waals surface area (Å²) in [5, 5.41) is 3.37. The van der Waals surface area contributed by atoms with Crippen LogP contribution in [0.5, 0.6) is 0 Å². The summed E-state index contributed by atoms with van der Waals surface area (Å²) in [6.07, 6.45) is 4.86. The number of ether oxygens (including phenoxy) is 1. The van der Waals surface area contributed by atoms with Crippen molar-refractivity contribution < 1.29 is 9.15 Å². The predicted octanol–water partition coefficient (Wildman–Crippen LogP) is 1.62. The molecular formula is C21H28N6O2. The van der Waals surface area contributed by atoms with Crippen molar-refractivity contribution in [3.63, 3.8) is 0 Å². The fourth-order valence-electron chi connectivity index (χ4n) is 3.58. The molecule has 0 aliphatic carbocycles. The molecule has 0 aromatic carbocycles. The third-order valence-electron chi connectivity index (χ3n) is 5.22. The number of rotatable bonds is 7. The lowest BCUT2D eigenvalue weighted by molar-refractivity contribution is 0.0568. The summed E-state index contributed by atoms with van der Waals surface area (Å²) in [6, 6.07) is 7.76. The Kier molecular flexibility index (Phi) is 6.12. The topological polar surface area (TPSA) is 92.2 Å². The number of piperazine rings is 1. The molecule has 2 aromatic rings. The SMILES string of the molecule is Cc1cccnc1CN1C(OCCN2CCNCC2)=CC(N)=NC1c1ccco1. The quantitative estimate of drug-likeness (QED) is 0.735. The number of pyridine rings is 1. The largest absolute Gasteiger partial charge is 0.478 e. The van der Waals surface area contributed by atoms with E-state index in [1.165, 1.54) is 0 Å². The molecule has 0 bridgehead atoms. The number of hydrogen-bond acceptors (Lipinski definition) is 8. The van der Waals surface area contributed by atoms with E-state index in [2.05, 4.69) is 38.1 Å². The zero-order chi connectivity index (χ0) is 20.1. The monoisotopic (exact) mass is 396 g/mol. The zero-order valence-corrected chi connectivity index (χ0v) is 16.8. The second-order valence-corrected chi connectivity index (χ2v) is 7.26. The van der Waals surface area contributed by atoms with Crippen molar-refractivity contribution in [1.29, 1.82) is 0 Å². The van der Waals surface area contributed by atoms with E-state index in [0.29, 0.717) is 24.9 Å². The van der Waals surface area contributed by atoms with Crippen LogP contribution in [0.3, 0.4) is 0 Å². The molecule has 0 amide bonds. The first-order valence-electron chi connectivity index (χ1n) is 10.0. The Balaban J connectivity index is 1.52. The average molecular weight is 396 g/mol. The molecule has 1 saturated heterocycles. The van der Waals surface area contributed by atoms with Gasteiger partial charge in [-0.2, -0.15) is 0 Å². The first kappa shape index (κ1) is 19.5. The molecule has 2 aromatic heterocycles. The van der Waals surface area contributed by atoms with Gasteiger partial charge in [0.25, 0.3) is 0 Å². The first-order chi connectivity index (χ1) is 14.2. The van der Waals surface area contributed by atoms with Gasteiger partial charge in [0.1, 0.15) is 18.2 Å². The Morgan fingerprint density at radius 2 is 2.14 bits per heavy atom. The number of nitrogens with one attached hydrogen (secondary N) is 1. The molecule has 8 nitrogen and oxygen atoms in total. The highest BCUT2D eigenvalue weighted by atomic mass is 16.5. The van der Waals surface area contributed by atoms with Crippen LogP contribution in [0.15, 0.2) is 58.1 Å². The minimum Gasteiger partial charge on any atom is -0.478 e. The van der Waals surface area contributed by atoms with Crippen molar-refractivity contribution in [2.45, 2.75) is 19.6 Å². The standard InChI is InChI=1S/C21H28N6O2/c1-16-4-2-6-24-17(16)15-27-20(29-13-11-26-9-7-23-8-10-26)14-19(22)25-21(27)18-5-3-12-28-18/h2-6,12,14,21,23H,7-11,13,15H2,1H3,(H2,22,25). The van der Waals surface area contributed by atoms with E-state index in [9.17, 15) is 0 Å². The lowest BCUT2D eigenvalue weighted by atomic mass is 10.2. The van der Waals surface area contributed by atoms with Gasteiger partial charge in [-0.15, -0.1) is 0 Å². The molecule has 3 N–H and O–H groups in total. The normalized spacial score (nSPS) is 20.3. The molecule has 4 heterocycles. The van der Waals surface area contributed by atoms with Gasteiger partial charge in [-0.3, -0.25) is 9.88 Å². The number of aromatic nitrogens is 1. The highest BCUT2D eigenvalue weighted by Gasteiger charge is 2.30. The molecule has 4 rings (SSSR count). The lowest BCUT2D eigenvalue weighted by Crippen LogP contribution is -2.45. The van der Waals surface area contributed by atoms with Gasteiger partial charge in [0, 0.05) is 45.0 Å². The summed E-state index contributed by atoms with van der Waals surface area (Å²) >= 11 is 0. The minimum absolute atomic E-state index is 0.384. The summed E-state index contributed by atoms with van der Waals surface area (Å²) in [6.45, 7) is 8.19. The summed E-state index contributed by atoms with van der Waals surface area (Å²) in [4.78, 5) is 13.6. The van der Waals surface area contributed by atoms with Gasteiger partial charge in [0.15, 0.2) is 12.0 Å². The number of amidine groups is 1. The zero-order valence-electron chi connectivity index (χ0n) is 16.8. The molecular weight excluding hydrogens is 368 g/mol. The highest BCUT2D eigenvalue weighted by molar-refractivity contribution is 5.92. The molecule has 0 saturated carbocycles. The molecule has 29 heavy (non-hydrogen) atoms. The maximum Gasteiger partial charge on any atom is 0.195 e. The number of furan rings is 1. The highest BCUT2D eigenvalue weighted by Crippen LogP contribution is 2.31. The van der Waals surface area contributed by atoms with E-state index in [0.717, 1.165) is 49.7 Å². The lowest BCUT2D eigenvalue weighted by Gasteiger charge is -2.34. The van der Waals surface area contributed by atoms with Crippen molar-refractivity contribution >= 4 is 5.84 Å². The third kappa shape index (κ3) is 4.78.